The van der Waals surface area contributed by atoms with Crippen molar-refractivity contribution in [1.29, 1.82) is 5.41 Å². The Hall–Kier alpha value is -3.94. The standard InChI is InChI=1S/C23H25N5O3/c1-15(19(23(30)31-2)13-16-6-5-7-17(12-16)21(24)25)27-22(29)18-8-9-20(26-14-18)28-10-3-4-11-28/h3-12,14-15,19H,13H2,1-2H3,(H3,24,25)(H,27,29). The van der Waals surface area contributed by atoms with Crippen LogP contribution in [0.4, 0.5) is 0 Å². The van der Waals surface area contributed by atoms with Gasteiger partial charge in [0.05, 0.1) is 18.6 Å². The molecule has 2 aromatic heterocycles. The summed E-state index contributed by atoms with van der Waals surface area (Å²) < 4.78 is 6.80. The minimum absolute atomic E-state index is 0.0475. The fraction of sp³-hybridized carbons (Fsp3) is 0.217. The first-order valence-corrected chi connectivity index (χ1v) is 9.80. The maximum Gasteiger partial charge on any atom is 0.311 e. The fourth-order valence-corrected chi connectivity index (χ4v) is 3.29. The average molecular weight is 419 g/mol. The van der Waals surface area contributed by atoms with E-state index in [0.717, 1.165) is 5.56 Å². The highest BCUT2D eigenvalue weighted by Crippen LogP contribution is 2.17. The third kappa shape index (κ3) is 5.36. The topological polar surface area (TPSA) is 123 Å². The van der Waals surface area contributed by atoms with E-state index in [1.54, 1.807) is 37.3 Å². The molecule has 0 aliphatic carbocycles. The number of ether oxygens (including phenoxy) is 1. The number of pyridine rings is 1. The van der Waals surface area contributed by atoms with Crippen molar-refractivity contribution in [2.45, 2.75) is 19.4 Å². The molecule has 0 aliphatic rings. The van der Waals surface area contributed by atoms with Crippen LogP contribution in [0.25, 0.3) is 5.82 Å². The number of carbonyl (C=O) groups is 2. The van der Waals surface area contributed by atoms with Crippen LogP contribution in [0, 0.1) is 11.3 Å². The highest BCUT2D eigenvalue weighted by atomic mass is 16.5. The predicted octanol–water partition coefficient (Wildman–Crippen LogP) is 2.31. The average Bonchev–Trinajstić information content (AvgIpc) is 3.32. The second-order valence-corrected chi connectivity index (χ2v) is 7.21. The Morgan fingerprint density at radius 1 is 1.16 bits per heavy atom. The second-order valence-electron chi connectivity index (χ2n) is 7.21. The van der Waals surface area contributed by atoms with Crippen LogP contribution < -0.4 is 11.1 Å². The van der Waals surface area contributed by atoms with Crippen LogP contribution in [0.1, 0.15) is 28.4 Å². The number of carbonyl (C=O) groups excluding carboxylic acids is 2. The number of benzene rings is 1. The molecule has 0 saturated carbocycles. The lowest BCUT2D eigenvalue weighted by Crippen LogP contribution is -2.42. The Labute approximate surface area is 180 Å². The molecule has 0 fully saturated rings. The van der Waals surface area contributed by atoms with E-state index in [0.29, 0.717) is 23.4 Å². The number of nitrogens with two attached hydrogens (primary N) is 1. The number of hydrogen-bond donors (Lipinski definition) is 3. The van der Waals surface area contributed by atoms with Crippen molar-refractivity contribution in [2.24, 2.45) is 11.7 Å². The zero-order valence-electron chi connectivity index (χ0n) is 17.4. The molecule has 8 heteroatoms. The number of esters is 1. The van der Waals surface area contributed by atoms with E-state index in [9.17, 15) is 9.59 Å². The summed E-state index contributed by atoms with van der Waals surface area (Å²) in [5.41, 5.74) is 7.35. The van der Waals surface area contributed by atoms with Gasteiger partial charge in [-0.3, -0.25) is 15.0 Å². The normalized spacial score (nSPS) is 12.6. The highest BCUT2D eigenvalue weighted by molar-refractivity contribution is 5.95. The number of rotatable bonds is 8. The van der Waals surface area contributed by atoms with Gasteiger partial charge in [-0.2, -0.15) is 0 Å². The minimum atomic E-state index is -0.608. The molecular formula is C23H25N5O3. The molecule has 2 heterocycles. The van der Waals surface area contributed by atoms with E-state index in [1.807, 2.05) is 35.2 Å². The molecule has 1 aromatic carbocycles. The van der Waals surface area contributed by atoms with Crippen molar-refractivity contribution in [3.63, 3.8) is 0 Å². The van der Waals surface area contributed by atoms with Crippen LogP contribution in [-0.4, -0.2) is 40.4 Å². The van der Waals surface area contributed by atoms with Crippen LogP contribution in [0.3, 0.4) is 0 Å². The summed E-state index contributed by atoms with van der Waals surface area (Å²) in [4.78, 5) is 29.4. The van der Waals surface area contributed by atoms with Gasteiger partial charge in [-0.05, 0) is 49.2 Å². The molecule has 31 heavy (non-hydrogen) atoms. The number of amides is 1. The fourth-order valence-electron chi connectivity index (χ4n) is 3.29. The molecule has 160 valence electrons. The SMILES string of the molecule is COC(=O)C(Cc1cccc(C(=N)N)c1)C(C)NC(=O)c1ccc(-n2cccc2)nc1. The van der Waals surface area contributed by atoms with Crippen molar-refractivity contribution in [3.8, 4) is 5.82 Å². The van der Waals surface area contributed by atoms with Crippen LogP contribution in [0.5, 0.6) is 0 Å². The summed E-state index contributed by atoms with van der Waals surface area (Å²) in [7, 11) is 1.32. The molecule has 0 saturated heterocycles. The highest BCUT2D eigenvalue weighted by Gasteiger charge is 2.28. The molecule has 0 bridgehead atoms. The Morgan fingerprint density at radius 3 is 2.52 bits per heavy atom. The van der Waals surface area contributed by atoms with E-state index in [4.69, 9.17) is 15.9 Å². The molecule has 2 atom stereocenters. The quantitative estimate of drug-likeness (QED) is 0.294. The largest absolute Gasteiger partial charge is 0.469 e. The summed E-state index contributed by atoms with van der Waals surface area (Å²) in [5, 5.41) is 10.5. The molecule has 0 aliphatic heterocycles. The van der Waals surface area contributed by atoms with E-state index in [-0.39, 0.29) is 11.7 Å². The Bertz CT molecular complexity index is 1060. The second kappa shape index (κ2) is 9.71. The lowest BCUT2D eigenvalue weighted by atomic mass is 9.92. The van der Waals surface area contributed by atoms with E-state index in [2.05, 4.69) is 10.3 Å². The number of methoxy groups -OCH3 is 1. The van der Waals surface area contributed by atoms with Gasteiger partial charge in [-0.15, -0.1) is 0 Å². The summed E-state index contributed by atoms with van der Waals surface area (Å²) in [6, 6.07) is 13.9. The smallest absolute Gasteiger partial charge is 0.311 e. The molecule has 2 unspecified atom stereocenters. The number of nitrogens with zero attached hydrogens (tertiary/aromatic N) is 2. The van der Waals surface area contributed by atoms with Gasteiger partial charge in [0.15, 0.2) is 0 Å². The minimum Gasteiger partial charge on any atom is -0.469 e. The number of amidine groups is 1. The first-order chi connectivity index (χ1) is 14.9. The number of aromatic nitrogens is 2. The molecule has 0 spiro atoms. The van der Waals surface area contributed by atoms with Gasteiger partial charge >= 0.3 is 5.97 Å². The van der Waals surface area contributed by atoms with Gasteiger partial charge in [0.25, 0.3) is 5.91 Å². The molecule has 8 nitrogen and oxygen atoms in total. The lowest BCUT2D eigenvalue weighted by molar-refractivity contribution is -0.146. The lowest BCUT2D eigenvalue weighted by Gasteiger charge is -2.23. The molecule has 3 aromatic rings. The summed E-state index contributed by atoms with van der Waals surface area (Å²) >= 11 is 0. The molecule has 3 rings (SSSR count). The third-order valence-corrected chi connectivity index (χ3v) is 5.04. The summed E-state index contributed by atoms with van der Waals surface area (Å²) in [6.45, 7) is 1.76. The number of hydrogen-bond acceptors (Lipinski definition) is 5. The zero-order valence-corrected chi connectivity index (χ0v) is 17.4. The Kier molecular flexibility index (Phi) is 6.81. The van der Waals surface area contributed by atoms with E-state index < -0.39 is 17.9 Å². The third-order valence-electron chi connectivity index (χ3n) is 5.04. The maximum atomic E-state index is 12.7. The van der Waals surface area contributed by atoms with Crippen molar-refractivity contribution < 1.29 is 14.3 Å². The number of nitrogen functional groups attached to an aromatic ring is 1. The zero-order chi connectivity index (χ0) is 22.4. The number of nitrogens with one attached hydrogen (secondary N) is 2. The Balaban J connectivity index is 1.72. The molecule has 1 amide bonds. The van der Waals surface area contributed by atoms with Crippen molar-refractivity contribution in [1.82, 2.24) is 14.9 Å². The predicted molar refractivity (Wildman–Crippen MR) is 117 cm³/mol. The van der Waals surface area contributed by atoms with Crippen molar-refractivity contribution >= 4 is 17.7 Å². The van der Waals surface area contributed by atoms with Gasteiger partial charge in [0.1, 0.15) is 11.7 Å². The summed E-state index contributed by atoms with van der Waals surface area (Å²) in [5.74, 6) is -0.711. The van der Waals surface area contributed by atoms with Crippen LogP contribution in [0.15, 0.2) is 67.1 Å². The summed E-state index contributed by atoms with van der Waals surface area (Å²) in [6.07, 6.45) is 5.57. The molecule has 0 radical (unpaired) electrons. The van der Waals surface area contributed by atoms with Gasteiger partial charge in [0, 0.05) is 30.2 Å². The Morgan fingerprint density at radius 2 is 1.90 bits per heavy atom. The monoisotopic (exact) mass is 419 g/mol. The molecule has 4 N–H and O–H groups in total. The van der Waals surface area contributed by atoms with Crippen molar-refractivity contribution in [3.05, 3.63) is 83.8 Å². The maximum absolute atomic E-state index is 12.7. The van der Waals surface area contributed by atoms with Crippen LogP contribution in [0.2, 0.25) is 0 Å². The van der Waals surface area contributed by atoms with E-state index in [1.165, 1.54) is 13.3 Å². The van der Waals surface area contributed by atoms with Crippen molar-refractivity contribution in [2.75, 3.05) is 7.11 Å². The molecular weight excluding hydrogens is 394 g/mol. The van der Waals surface area contributed by atoms with E-state index >= 15 is 0 Å². The van der Waals surface area contributed by atoms with Gasteiger partial charge in [-0.25, -0.2) is 4.98 Å². The van der Waals surface area contributed by atoms with Crippen LogP contribution >= 0.6 is 0 Å². The van der Waals surface area contributed by atoms with Gasteiger partial charge in [-0.1, -0.05) is 18.2 Å². The van der Waals surface area contributed by atoms with Crippen LogP contribution in [-0.2, 0) is 16.0 Å². The van der Waals surface area contributed by atoms with Gasteiger partial charge < -0.3 is 20.4 Å². The van der Waals surface area contributed by atoms with Gasteiger partial charge in [0.2, 0.25) is 0 Å². The first-order valence-electron chi connectivity index (χ1n) is 9.80. The first kappa shape index (κ1) is 21.8.